The maximum absolute atomic E-state index is 6.30. The first-order valence-electron chi connectivity index (χ1n) is 7.98. The first-order chi connectivity index (χ1) is 9.15. The lowest BCUT2D eigenvalue weighted by atomic mass is 9.72. The quantitative estimate of drug-likeness (QED) is 0.614. The van der Waals surface area contributed by atoms with E-state index in [1.54, 1.807) is 0 Å². The summed E-state index contributed by atoms with van der Waals surface area (Å²) in [5.74, 6) is 6.47. The highest BCUT2D eigenvalue weighted by Gasteiger charge is 2.55. The number of nitrogens with one attached hydrogen (secondary N) is 1. The van der Waals surface area contributed by atoms with Gasteiger partial charge >= 0.3 is 0 Å². The molecule has 0 amide bonds. The fraction of sp³-hybridized carbons (Fsp3) is 1.00. The largest absolute Gasteiger partial charge is 0.369 e. The Morgan fingerprint density at radius 1 is 1.15 bits per heavy atom. The van der Waals surface area contributed by atoms with E-state index in [2.05, 4.69) is 52.1 Å². The molecular weight excluding hydrogens is 250 g/mol. The van der Waals surface area contributed by atoms with Gasteiger partial charge in [-0.05, 0) is 61.1 Å². The predicted molar refractivity (Wildman–Crippen MR) is 83.3 cm³/mol. The van der Waals surface area contributed by atoms with Crippen molar-refractivity contribution in [3.05, 3.63) is 0 Å². The van der Waals surface area contributed by atoms with Gasteiger partial charge < -0.3 is 9.64 Å². The van der Waals surface area contributed by atoms with Crippen LogP contribution in [0.2, 0.25) is 0 Å². The van der Waals surface area contributed by atoms with E-state index in [4.69, 9.17) is 10.6 Å². The molecule has 0 aromatic heterocycles. The van der Waals surface area contributed by atoms with Gasteiger partial charge in [0.25, 0.3) is 0 Å². The second-order valence-electron chi connectivity index (χ2n) is 8.13. The molecule has 1 saturated heterocycles. The molecule has 0 bridgehead atoms. The van der Waals surface area contributed by atoms with E-state index in [-0.39, 0.29) is 22.8 Å². The van der Waals surface area contributed by atoms with Gasteiger partial charge in [0.05, 0.1) is 11.2 Å². The molecule has 0 aromatic rings. The van der Waals surface area contributed by atoms with E-state index in [1.165, 1.54) is 25.7 Å². The molecule has 1 aliphatic carbocycles. The van der Waals surface area contributed by atoms with E-state index >= 15 is 0 Å². The number of hydrogen-bond donors (Lipinski definition) is 2. The molecule has 20 heavy (non-hydrogen) atoms. The minimum atomic E-state index is -0.133. The number of ether oxygens (including phenoxy) is 1. The van der Waals surface area contributed by atoms with E-state index in [1.807, 2.05) is 0 Å². The number of rotatable bonds is 4. The van der Waals surface area contributed by atoms with Crippen molar-refractivity contribution < 1.29 is 4.74 Å². The number of hydrogen-bond acceptors (Lipinski definition) is 4. The molecule has 2 unspecified atom stereocenters. The average Bonchev–Trinajstić information content (AvgIpc) is 2.84. The predicted octanol–water partition coefficient (Wildman–Crippen LogP) is 2.29. The zero-order valence-corrected chi connectivity index (χ0v) is 14.1. The van der Waals surface area contributed by atoms with Crippen LogP contribution in [0.15, 0.2) is 0 Å². The van der Waals surface area contributed by atoms with E-state index < -0.39 is 0 Å². The molecule has 1 saturated carbocycles. The highest BCUT2D eigenvalue weighted by Crippen LogP contribution is 2.49. The van der Waals surface area contributed by atoms with Gasteiger partial charge in [0.15, 0.2) is 0 Å². The smallest absolute Gasteiger partial charge is 0.0678 e. The summed E-state index contributed by atoms with van der Waals surface area (Å²) in [7, 11) is 4.40. The van der Waals surface area contributed by atoms with Crippen molar-refractivity contribution in [2.45, 2.75) is 82.6 Å². The van der Waals surface area contributed by atoms with Crippen LogP contribution in [0.25, 0.3) is 0 Å². The van der Waals surface area contributed by atoms with Gasteiger partial charge in [-0.15, -0.1) is 0 Å². The minimum Gasteiger partial charge on any atom is -0.369 e. The highest BCUT2D eigenvalue weighted by atomic mass is 16.5. The summed E-state index contributed by atoms with van der Waals surface area (Å²) < 4.78 is 6.30. The van der Waals surface area contributed by atoms with Crippen LogP contribution in [0.1, 0.15) is 59.8 Å². The van der Waals surface area contributed by atoms with Crippen LogP contribution < -0.4 is 11.3 Å². The van der Waals surface area contributed by atoms with Crippen LogP contribution in [0.4, 0.5) is 0 Å². The van der Waals surface area contributed by atoms with Crippen molar-refractivity contribution in [2.75, 3.05) is 14.1 Å². The molecule has 2 rings (SSSR count). The normalized spacial score (nSPS) is 32.7. The Kier molecular flexibility index (Phi) is 4.25. The first kappa shape index (κ1) is 16.2. The summed E-state index contributed by atoms with van der Waals surface area (Å²) in [6.45, 7) is 8.82. The van der Waals surface area contributed by atoms with Gasteiger partial charge in [-0.25, -0.2) is 0 Å². The van der Waals surface area contributed by atoms with Crippen LogP contribution in [0.3, 0.4) is 0 Å². The molecule has 2 fully saturated rings. The SMILES string of the molecule is CN(C)C1(C(NN)C2CC(C)(C)OC2(C)C)CCCC1. The van der Waals surface area contributed by atoms with E-state index in [0.717, 1.165) is 6.42 Å². The molecule has 0 radical (unpaired) electrons. The number of likely N-dealkylation sites (N-methyl/N-ethyl adjacent to an activating group) is 1. The lowest BCUT2D eigenvalue weighted by Gasteiger charge is -2.48. The molecule has 1 aliphatic heterocycles. The summed E-state index contributed by atoms with van der Waals surface area (Å²) >= 11 is 0. The standard InChI is InChI=1S/C16H33N3O/c1-14(2)11-12(15(3,4)20-14)13(18-17)16(19(5)6)9-7-8-10-16/h12-13,18H,7-11,17H2,1-6H3. The monoisotopic (exact) mass is 283 g/mol. The molecule has 0 aromatic carbocycles. The number of hydrazine groups is 1. The molecule has 118 valence electrons. The number of nitrogens with zero attached hydrogens (tertiary/aromatic N) is 1. The first-order valence-corrected chi connectivity index (χ1v) is 7.98. The molecule has 2 aliphatic rings. The van der Waals surface area contributed by atoms with Gasteiger partial charge in [-0.2, -0.15) is 0 Å². The van der Waals surface area contributed by atoms with Crippen molar-refractivity contribution >= 4 is 0 Å². The number of nitrogens with two attached hydrogens (primary N) is 1. The van der Waals surface area contributed by atoms with Crippen molar-refractivity contribution in [3.63, 3.8) is 0 Å². The maximum atomic E-state index is 6.30. The zero-order valence-electron chi connectivity index (χ0n) is 14.1. The Morgan fingerprint density at radius 3 is 2.05 bits per heavy atom. The third kappa shape index (κ3) is 2.63. The van der Waals surface area contributed by atoms with Gasteiger partial charge in [0.1, 0.15) is 0 Å². The lowest BCUT2D eigenvalue weighted by Crippen LogP contribution is -2.64. The van der Waals surface area contributed by atoms with Gasteiger partial charge in [-0.1, -0.05) is 12.8 Å². The molecular formula is C16H33N3O. The molecule has 3 N–H and O–H groups in total. The summed E-state index contributed by atoms with van der Waals surface area (Å²) in [4.78, 5) is 2.39. The van der Waals surface area contributed by atoms with Crippen LogP contribution in [-0.4, -0.2) is 41.8 Å². The molecule has 0 spiro atoms. The Hall–Kier alpha value is -0.160. The summed E-state index contributed by atoms with van der Waals surface area (Å²) in [5, 5.41) is 0. The summed E-state index contributed by atoms with van der Waals surface area (Å²) in [6, 6.07) is 0.275. The third-order valence-corrected chi connectivity index (χ3v) is 5.66. The Morgan fingerprint density at radius 2 is 1.70 bits per heavy atom. The van der Waals surface area contributed by atoms with Crippen molar-refractivity contribution in [2.24, 2.45) is 11.8 Å². The maximum Gasteiger partial charge on any atom is 0.0678 e. The van der Waals surface area contributed by atoms with Crippen LogP contribution in [0.5, 0.6) is 0 Å². The van der Waals surface area contributed by atoms with Gasteiger partial charge in [0, 0.05) is 17.5 Å². The Balaban J connectivity index is 2.32. The van der Waals surface area contributed by atoms with Crippen molar-refractivity contribution in [1.82, 2.24) is 10.3 Å². The topological polar surface area (TPSA) is 50.5 Å². The van der Waals surface area contributed by atoms with Gasteiger partial charge in [-0.3, -0.25) is 11.3 Å². The minimum absolute atomic E-state index is 0.0601. The Bertz CT molecular complexity index is 346. The summed E-state index contributed by atoms with van der Waals surface area (Å²) in [6.07, 6.45) is 6.11. The summed E-state index contributed by atoms with van der Waals surface area (Å²) in [5.41, 5.74) is 3.15. The van der Waals surface area contributed by atoms with Crippen molar-refractivity contribution in [3.8, 4) is 0 Å². The van der Waals surface area contributed by atoms with Crippen LogP contribution >= 0.6 is 0 Å². The second-order valence-corrected chi connectivity index (χ2v) is 8.13. The third-order valence-electron chi connectivity index (χ3n) is 5.66. The fourth-order valence-corrected chi connectivity index (χ4v) is 4.79. The molecule has 4 nitrogen and oxygen atoms in total. The van der Waals surface area contributed by atoms with E-state index in [9.17, 15) is 0 Å². The second kappa shape index (κ2) is 5.24. The fourth-order valence-electron chi connectivity index (χ4n) is 4.79. The zero-order chi connectivity index (χ0) is 15.2. The highest BCUT2D eigenvalue weighted by molar-refractivity contribution is 5.10. The van der Waals surface area contributed by atoms with Crippen LogP contribution in [-0.2, 0) is 4.74 Å². The molecule has 2 atom stereocenters. The average molecular weight is 283 g/mol. The molecule has 1 heterocycles. The van der Waals surface area contributed by atoms with Crippen molar-refractivity contribution in [1.29, 1.82) is 0 Å². The van der Waals surface area contributed by atoms with E-state index in [0.29, 0.717) is 5.92 Å². The lowest BCUT2D eigenvalue weighted by molar-refractivity contribution is -0.0845. The van der Waals surface area contributed by atoms with Gasteiger partial charge in [0.2, 0.25) is 0 Å². The molecule has 4 heteroatoms. The van der Waals surface area contributed by atoms with Crippen LogP contribution in [0, 0.1) is 5.92 Å². The Labute approximate surface area is 124 Å².